The number of benzene rings is 2. The fraction of sp³-hybridized carbons (Fsp3) is 0.250. The number of nitro benzene ring substituents is 1. The summed E-state index contributed by atoms with van der Waals surface area (Å²) in [6.07, 6.45) is 0. The van der Waals surface area contributed by atoms with E-state index in [4.69, 9.17) is 0 Å². The molecule has 2 aromatic carbocycles. The van der Waals surface area contributed by atoms with E-state index in [1.807, 2.05) is 18.2 Å². The van der Waals surface area contributed by atoms with Gasteiger partial charge < -0.3 is 4.90 Å². The highest BCUT2D eigenvalue weighted by atomic mass is 16.6. The summed E-state index contributed by atoms with van der Waals surface area (Å²) in [5.74, 6) is 0. The predicted octanol–water partition coefficient (Wildman–Crippen LogP) is 4.01. The van der Waals surface area contributed by atoms with E-state index in [1.165, 1.54) is 5.56 Å². The number of hydrogen-bond donors (Lipinski definition) is 0. The molecule has 20 heavy (non-hydrogen) atoms. The van der Waals surface area contributed by atoms with Crippen LogP contribution in [0.4, 0.5) is 11.4 Å². The van der Waals surface area contributed by atoms with Gasteiger partial charge in [-0.1, -0.05) is 30.3 Å². The lowest BCUT2D eigenvalue weighted by atomic mass is 10.1. The fourth-order valence-electron chi connectivity index (χ4n) is 2.12. The molecule has 0 aliphatic carbocycles. The Labute approximate surface area is 118 Å². The van der Waals surface area contributed by atoms with Gasteiger partial charge in [0.05, 0.1) is 4.92 Å². The number of hydrogen-bond acceptors (Lipinski definition) is 3. The van der Waals surface area contributed by atoms with Crippen molar-refractivity contribution in [2.45, 2.75) is 26.4 Å². The van der Waals surface area contributed by atoms with Gasteiger partial charge in [-0.3, -0.25) is 10.1 Å². The van der Waals surface area contributed by atoms with Crippen molar-refractivity contribution in [1.29, 1.82) is 0 Å². The van der Waals surface area contributed by atoms with Gasteiger partial charge in [0, 0.05) is 30.4 Å². The molecule has 0 N–H and O–H groups in total. The highest BCUT2D eigenvalue weighted by Crippen LogP contribution is 2.23. The maximum atomic E-state index is 10.7. The Hall–Kier alpha value is -2.36. The molecule has 0 fully saturated rings. The summed E-state index contributed by atoms with van der Waals surface area (Å²) in [7, 11) is 0. The first-order valence-electron chi connectivity index (χ1n) is 6.63. The Morgan fingerprint density at radius 1 is 1.05 bits per heavy atom. The highest BCUT2D eigenvalue weighted by molar-refractivity contribution is 5.51. The minimum Gasteiger partial charge on any atom is -0.365 e. The molecule has 0 saturated carbocycles. The molecule has 0 heterocycles. The number of non-ortho nitro benzene ring substituents is 1. The van der Waals surface area contributed by atoms with Crippen LogP contribution >= 0.6 is 0 Å². The zero-order chi connectivity index (χ0) is 14.5. The van der Waals surface area contributed by atoms with Crippen molar-refractivity contribution in [3.8, 4) is 0 Å². The lowest BCUT2D eigenvalue weighted by molar-refractivity contribution is -0.384. The molecule has 0 aliphatic heterocycles. The molecule has 0 saturated heterocycles. The van der Waals surface area contributed by atoms with Crippen LogP contribution in [0, 0.1) is 10.1 Å². The van der Waals surface area contributed by atoms with E-state index in [0.717, 1.165) is 12.2 Å². The van der Waals surface area contributed by atoms with E-state index in [2.05, 4.69) is 30.9 Å². The van der Waals surface area contributed by atoms with Crippen molar-refractivity contribution < 1.29 is 4.92 Å². The number of nitrogens with zero attached hydrogens (tertiary/aromatic N) is 2. The van der Waals surface area contributed by atoms with E-state index in [-0.39, 0.29) is 10.6 Å². The first kappa shape index (κ1) is 14.1. The van der Waals surface area contributed by atoms with E-state index in [9.17, 15) is 10.1 Å². The smallest absolute Gasteiger partial charge is 0.269 e. The number of rotatable bonds is 5. The average Bonchev–Trinajstić information content (AvgIpc) is 2.45. The Morgan fingerprint density at radius 3 is 2.15 bits per heavy atom. The molecule has 0 spiro atoms. The zero-order valence-electron chi connectivity index (χ0n) is 11.7. The molecule has 2 rings (SSSR count). The molecule has 0 radical (unpaired) electrons. The standard InChI is InChI=1S/C16H18N2O2/c1-13(2)17(12-14-6-4-3-5-7-14)15-8-10-16(11-9-15)18(19)20/h3-11,13H,12H2,1-2H3. The van der Waals surface area contributed by atoms with Crippen LogP contribution < -0.4 is 4.90 Å². The van der Waals surface area contributed by atoms with E-state index >= 15 is 0 Å². The summed E-state index contributed by atoms with van der Waals surface area (Å²) in [4.78, 5) is 12.5. The third-order valence-electron chi connectivity index (χ3n) is 3.21. The molecule has 0 bridgehead atoms. The van der Waals surface area contributed by atoms with Crippen molar-refractivity contribution in [3.63, 3.8) is 0 Å². The van der Waals surface area contributed by atoms with Crippen LogP contribution in [-0.4, -0.2) is 11.0 Å². The van der Waals surface area contributed by atoms with Crippen LogP contribution in [0.1, 0.15) is 19.4 Å². The van der Waals surface area contributed by atoms with Gasteiger partial charge in [0.2, 0.25) is 0 Å². The Kier molecular flexibility index (Phi) is 4.35. The molecule has 4 nitrogen and oxygen atoms in total. The van der Waals surface area contributed by atoms with Gasteiger partial charge in [0.1, 0.15) is 0 Å². The lowest BCUT2D eigenvalue weighted by Crippen LogP contribution is -2.30. The van der Waals surface area contributed by atoms with Crippen LogP contribution in [0.15, 0.2) is 54.6 Å². The maximum Gasteiger partial charge on any atom is 0.269 e. The molecule has 4 heteroatoms. The van der Waals surface area contributed by atoms with Gasteiger partial charge in [-0.05, 0) is 31.5 Å². The predicted molar refractivity (Wildman–Crippen MR) is 80.9 cm³/mol. The van der Waals surface area contributed by atoms with Gasteiger partial charge in [-0.2, -0.15) is 0 Å². The Balaban J connectivity index is 2.22. The molecular weight excluding hydrogens is 252 g/mol. The summed E-state index contributed by atoms with van der Waals surface area (Å²) >= 11 is 0. The van der Waals surface area contributed by atoms with Gasteiger partial charge in [-0.25, -0.2) is 0 Å². The molecule has 0 aromatic heterocycles. The molecule has 0 unspecified atom stereocenters. The van der Waals surface area contributed by atoms with Crippen molar-refractivity contribution >= 4 is 11.4 Å². The molecule has 0 atom stereocenters. The van der Waals surface area contributed by atoms with Crippen LogP contribution in [-0.2, 0) is 6.54 Å². The van der Waals surface area contributed by atoms with Gasteiger partial charge in [-0.15, -0.1) is 0 Å². The van der Waals surface area contributed by atoms with Crippen LogP contribution in [0.3, 0.4) is 0 Å². The lowest BCUT2D eigenvalue weighted by Gasteiger charge is -2.29. The SMILES string of the molecule is CC(C)N(Cc1ccccc1)c1ccc([N+](=O)[O-])cc1. The number of anilines is 1. The van der Waals surface area contributed by atoms with Crippen molar-refractivity contribution in [3.05, 3.63) is 70.3 Å². The van der Waals surface area contributed by atoms with Crippen LogP contribution in [0.25, 0.3) is 0 Å². The van der Waals surface area contributed by atoms with Crippen molar-refractivity contribution in [2.75, 3.05) is 4.90 Å². The minimum absolute atomic E-state index is 0.122. The summed E-state index contributed by atoms with van der Waals surface area (Å²) in [6, 6.07) is 17.2. The van der Waals surface area contributed by atoms with Crippen LogP contribution in [0.5, 0.6) is 0 Å². The second-order valence-electron chi connectivity index (χ2n) is 4.98. The van der Waals surface area contributed by atoms with Gasteiger partial charge in [0.15, 0.2) is 0 Å². The minimum atomic E-state index is -0.374. The summed E-state index contributed by atoms with van der Waals surface area (Å²) < 4.78 is 0. The summed E-state index contributed by atoms with van der Waals surface area (Å²) in [6.45, 7) is 5.02. The first-order valence-corrected chi connectivity index (χ1v) is 6.63. The topological polar surface area (TPSA) is 46.4 Å². The van der Waals surface area contributed by atoms with E-state index < -0.39 is 0 Å². The second-order valence-corrected chi connectivity index (χ2v) is 4.98. The molecule has 2 aromatic rings. The summed E-state index contributed by atoms with van der Waals surface area (Å²) in [5.41, 5.74) is 2.34. The third kappa shape index (κ3) is 3.35. The monoisotopic (exact) mass is 270 g/mol. The quantitative estimate of drug-likeness (QED) is 0.609. The highest BCUT2D eigenvalue weighted by Gasteiger charge is 2.13. The molecule has 0 amide bonds. The second kappa shape index (κ2) is 6.19. The Bertz CT molecular complexity index is 565. The van der Waals surface area contributed by atoms with Crippen molar-refractivity contribution in [1.82, 2.24) is 0 Å². The Morgan fingerprint density at radius 2 is 1.65 bits per heavy atom. The van der Waals surface area contributed by atoms with E-state index in [0.29, 0.717) is 6.04 Å². The number of nitro groups is 1. The third-order valence-corrected chi connectivity index (χ3v) is 3.21. The maximum absolute atomic E-state index is 10.7. The van der Waals surface area contributed by atoms with Crippen molar-refractivity contribution in [2.24, 2.45) is 0 Å². The molecule has 104 valence electrons. The van der Waals surface area contributed by atoms with Gasteiger partial charge >= 0.3 is 0 Å². The molecular formula is C16H18N2O2. The zero-order valence-corrected chi connectivity index (χ0v) is 11.7. The largest absolute Gasteiger partial charge is 0.365 e. The summed E-state index contributed by atoms with van der Waals surface area (Å²) in [5, 5.41) is 10.7. The fourth-order valence-corrected chi connectivity index (χ4v) is 2.12. The normalized spacial score (nSPS) is 10.6. The van der Waals surface area contributed by atoms with E-state index in [1.54, 1.807) is 24.3 Å². The van der Waals surface area contributed by atoms with Crippen LogP contribution in [0.2, 0.25) is 0 Å². The van der Waals surface area contributed by atoms with Gasteiger partial charge in [0.25, 0.3) is 5.69 Å². The molecule has 0 aliphatic rings. The first-order chi connectivity index (χ1) is 9.58. The average molecular weight is 270 g/mol.